The number of aliphatic carboxylic acids is 1. The lowest BCUT2D eigenvalue weighted by Gasteiger charge is -2.22. The third-order valence-corrected chi connectivity index (χ3v) is 2.60. The Morgan fingerprint density at radius 3 is 2.20 bits per heavy atom. The number of urea groups is 1. The molecule has 1 unspecified atom stereocenters. The number of likely N-dealkylation sites (tertiary alicyclic amines) is 1. The van der Waals surface area contributed by atoms with Gasteiger partial charge in [0, 0.05) is 13.1 Å². The number of nitrogens with zero attached hydrogens (tertiary/aromatic N) is 1. The van der Waals surface area contributed by atoms with Crippen LogP contribution in [0.25, 0.3) is 0 Å². The first-order chi connectivity index (χ1) is 7.11. The Balaban J connectivity index is 2.41. The standard InChI is InChI=1S/C10H18N2O3/c1-8(9(13)14)11-10(15)12-6-4-2-3-5-7-12/h8H,2-7H2,1H3,(H,11,15)(H,13,14). The van der Waals surface area contributed by atoms with Crippen molar-refractivity contribution in [1.82, 2.24) is 10.2 Å². The molecule has 0 aromatic carbocycles. The van der Waals surface area contributed by atoms with E-state index in [1.165, 1.54) is 6.92 Å². The quantitative estimate of drug-likeness (QED) is 0.721. The highest BCUT2D eigenvalue weighted by molar-refractivity contribution is 5.82. The van der Waals surface area contributed by atoms with E-state index in [0.29, 0.717) is 0 Å². The number of carbonyl (C=O) groups is 2. The Morgan fingerprint density at radius 1 is 1.20 bits per heavy atom. The van der Waals surface area contributed by atoms with Crippen molar-refractivity contribution in [2.24, 2.45) is 0 Å². The van der Waals surface area contributed by atoms with Crippen molar-refractivity contribution >= 4 is 12.0 Å². The summed E-state index contributed by atoms with van der Waals surface area (Å²) in [6.45, 7) is 2.94. The lowest BCUT2D eigenvalue weighted by atomic mass is 10.2. The maximum atomic E-state index is 11.6. The summed E-state index contributed by atoms with van der Waals surface area (Å²) < 4.78 is 0. The van der Waals surface area contributed by atoms with Gasteiger partial charge in [-0.2, -0.15) is 0 Å². The van der Waals surface area contributed by atoms with Crippen molar-refractivity contribution in [2.75, 3.05) is 13.1 Å². The lowest BCUT2D eigenvalue weighted by molar-refractivity contribution is -0.138. The zero-order chi connectivity index (χ0) is 11.3. The SMILES string of the molecule is CC(NC(=O)N1CCCCCC1)C(=O)O. The van der Waals surface area contributed by atoms with Crippen molar-refractivity contribution in [3.63, 3.8) is 0 Å². The Bertz CT molecular complexity index is 235. The summed E-state index contributed by atoms with van der Waals surface area (Å²) in [5.74, 6) is -1.00. The topological polar surface area (TPSA) is 69.6 Å². The largest absolute Gasteiger partial charge is 0.480 e. The third-order valence-electron chi connectivity index (χ3n) is 2.60. The summed E-state index contributed by atoms with van der Waals surface area (Å²) in [7, 11) is 0. The van der Waals surface area contributed by atoms with E-state index in [1.54, 1.807) is 4.90 Å². The number of carboxylic acid groups (broad SMARTS) is 1. The highest BCUT2D eigenvalue weighted by Crippen LogP contribution is 2.09. The van der Waals surface area contributed by atoms with Crippen LogP contribution < -0.4 is 5.32 Å². The lowest BCUT2D eigenvalue weighted by Crippen LogP contribution is -2.46. The van der Waals surface area contributed by atoms with Gasteiger partial charge in [0.25, 0.3) is 0 Å². The number of hydrogen-bond donors (Lipinski definition) is 2. The fourth-order valence-electron chi connectivity index (χ4n) is 1.61. The van der Waals surface area contributed by atoms with E-state index < -0.39 is 12.0 Å². The van der Waals surface area contributed by atoms with Crippen LogP contribution in [0.3, 0.4) is 0 Å². The van der Waals surface area contributed by atoms with Crippen LogP contribution in [-0.4, -0.2) is 41.1 Å². The highest BCUT2D eigenvalue weighted by Gasteiger charge is 2.19. The summed E-state index contributed by atoms with van der Waals surface area (Å²) in [6, 6.07) is -1.08. The molecule has 1 aliphatic rings. The molecule has 1 aliphatic heterocycles. The van der Waals surface area contributed by atoms with E-state index in [4.69, 9.17) is 5.11 Å². The van der Waals surface area contributed by atoms with E-state index in [9.17, 15) is 9.59 Å². The Morgan fingerprint density at radius 2 is 1.73 bits per heavy atom. The molecule has 15 heavy (non-hydrogen) atoms. The molecule has 0 aromatic rings. The number of carboxylic acids is 1. The van der Waals surface area contributed by atoms with E-state index in [1.807, 2.05) is 0 Å². The van der Waals surface area contributed by atoms with Gasteiger partial charge in [-0.05, 0) is 19.8 Å². The summed E-state index contributed by atoms with van der Waals surface area (Å²) >= 11 is 0. The first-order valence-corrected chi connectivity index (χ1v) is 5.39. The van der Waals surface area contributed by atoms with Crippen LogP contribution in [0, 0.1) is 0 Å². The fourth-order valence-corrected chi connectivity index (χ4v) is 1.61. The number of carbonyl (C=O) groups excluding carboxylic acids is 1. The number of hydrogen-bond acceptors (Lipinski definition) is 2. The zero-order valence-electron chi connectivity index (χ0n) is 9.03. The van der Waals surface area contributed by atoms with E-state index in [-0.39, 0.29) is 6.03 Å². The smallest absolute Gasteiger partial charge is 0.325 e. The number of amides is 2. The third kappa shape index (κ3) is 3.77. The van der Waals surface area contributed by atoms with Gasteiger partial charge in [0.15, 0.2) is 0 Å². The number of nitrogens with one attached hydrogen (secondary N) is 1. The van der Waals surface area contributed by atoms with Gasteiger partial charge in [0.2, 0.25) is 0 Å². The molecule has 5 nitrogen and oxygen atoms in total. The molecule has 0 aliphatic carbocycles. The molecule has 0 aromatic heterocycles. The molecule has 0 spiro atoms. The van der Waals surface area contributed by atoms with Gasteiger partial charge in [-0.3, -0.25) is 4.79 Å². The summed E-state index contributed by atoms with van der Waals surface area (Å²) in [6.07, 6.45) is 4.32. The van der Waals surface area contributed by atoms with Crippen LogP contribution in [-0.2, 0) is 4.79 Å². The van der Waals surface area contributed by atoms with Crippen LogP contribution in [0.5, 0.6) is 0 Å². The summed E-state index contributed by atoms with van der Waals surface area (Å²) in [4.78, 5) is 23.9. The molecule has 1 heterocycles. The molecule has 5 heteroatoms. The normalized spacial score (nSPS) is 19.1. The van der Waals surface area contributed by atoms with Gasteiger partial charge < -0.3 is 15.3 Å². The second kappa shape index (κ2) is 5.58. The minimum atomic E-state index is -1.00. The maximum Gasteiger partial charge on any atom is 0.325 e. The second-order valence-corrected chi connectivity index (χ2v) is 3.91. The molecular weight excluding hydrogens is 196 g/mol. The predicted octanol–water partition coefficient (Wildman–Crippen LogP) is 1.05. The molecule has 2 amide bonds. The van der Waals surface area contributed by atoms with Gasteiger partial charge >= 0.3 is 12.0 Å². The molecule has 86 valence electrons. The van der Waals surface area contributed by atoms with Gasteiger partial charge in [0.1, 0.15) is 6.04 Å². The Kier molecular flexibility index (Phi) is 4.39. The predicted molar refractivity (Wildman–Crippen MR) is 55.7 cm³/mol. The van der Waals surface area contributed by atoms with Crippen molar-refractivity contribution in [1.29, 1.82) is 0 Å². The fraction of sp³-hybridized carbons (Fsp3) is 0.800. The van der Waals surface area contributed by atoms with Crippen LogP contribution >= 0.6 is 0 Å². The van der Waals surface area contributed by atoms with Crippen molar-refractivity contribution < 1.29 is 14.7 Å². The number of rotatable bonds is 2. The maximum absolute atomic E-state index is 11.6. The van der Waals surface area contributed by atoms with Gasteiger partial charge in [0.05, 0.1) is 0 Å². The minimum Gasteiger partial charge on any atom is -0.480 e. The molecule has 1 atom stereocenters. The average molecular weight is 214 g/mol. The van der Waals surface area contributed by atoms with Crippen molar-refractivity contribution in [2.45, 2.75) is 38.6 Å². The van der Waals surface area contributed by atoms with Crippen molar-refractivity contribution in [3.05, 3.63) is 0 Å². The highest BCUT2D eigenvalue weighted by atomic mass is 16.4. The zero-order valence-corrected chi connectivity index (χ0v) is 9.03. The Hall–Kier alpha value is -1.26. The van der Waals surface area contributed by atoms with Crippen LogP contribution in [0.4, 0.5) is 4.79 Å². The molecule has 1 saturated heterocycles. The second-order valence-electron chi connectivity index (χ2n) is 3.91. The van der Waals surface area contributed by atoms with E-state index >= 15 is 0 Å². The minimum absolute atomic E-state index is 0.258. The molecule has 0 radical (unpaired) electrons. The van der Waals surface area contributed by atoms with Crippen LogP contribution in [0.1, 0.15) is 32.6 Å². The molecule has 1 fully saturated rings. The molecule has 0 saturated carbocycles. The first-order valence-electron chi connectivity index (χ1n) is 5.39. The van der Waals surface area contributed by atoms with E-state index in [0.717, 1.165) is 38.8 Å². The average Bonchev–Trinajstić information content (AvgIpc) is 2.45. The molecule has 2 N–H and O–H groups in total. The van der Waals surface area contributed by atoms with Crippen LogP contribution in [0.2, 0.25) is 0 Å². The molecule has 0 bridgehead atoms. The van der Waals surface area contributed by atoms with Gasteiger partial charge in [-0.25, -0.2) is 4.79 Å². The van der Waals surface area contributed by atoms with Crippen molar-refractivity contribution in [3.8, 4) is 0 Å². The van der Waals surface area contributed by atoms with Gasteiger partial charge in [-0.1, -0.05) is 12.8 Å². The Labute approximate surface area is 89.4 Å². The van der Waals surface area contributed by atoms with Gasteiger partial charge in [-0.15, -0.1) is 0 Å². The molecule has 1 rings (SSSR count). The van der Waals surface area contributed by atoms with E-state index in [2.05, 4.69) is 5.32 Å². The summed E-state index contributed by atoms with van der Waals surface area (Å²) in [5.41, 5.74) is 0. The van der Waals surface area contributed by atoms with Crippen LogP contribution in [0.15, 0.2) is 0 Å². The summed E-state index contributed by atoms with van der Waals surface area (Å²) in [5, 5.41) is 11.1. The first kappa shape index (κ1) is 11.8. The monoisotopic (exact) mass is 214 g/mol. The molecular formula is C10H18N2O3.